The number of nitrogens with one attached hydrogen (secondary N) is 1. The molecular weight excluding hydrogens is 234 g/mol. The lowest BCUT2D eigenvalue weighted by atomic mass is 10.1. The highest BCUT2D eigenvalue weighted by Gasteiger charge is 2.20. The summed E-state index contributed by atoms with van der Waals surface area (Å²) in [4.78, 5) is 7.33. The molecule has 1 N–H and O–H groups in total. The zero-order valence-corrected chi connectivity index (χ0v) is 11.5. The summed E-state index contributed by atoms with van der Waals surface area (Å²) in [5, 5.41) is 4.69. The quantitative estimate of drug-likeness (QED) is 0.913. The van der Waals surface area contributed by atoms with Crippen molar-refractivity contribution in [1.82, 2.24) is 15.2 Å². The first-order valence-corrected chi connectivity index (χ1v) is 7.16. The highest BCUT2D eigenvalue weighted by atomic mass is 15.2. The Hall–Kier alpha value is -1.45. The van der Waals surface area contributed by atoms with Crippen molar-refractivity contribution in [2.24, 2.45) is 0 Å². The van der Waals surface area contributed by atoms with Crippen LogP contribution in [0.5, 0.6) is 0 Å². The molecule has 3 rings (SSSR count). The number of para-hydroxylation sites is 1. The van der Waals surface area contributed by atoms with Crippen molar-refractivity contribution in [2.75, 3.05) is 19.6 Å². The number of nitrogens with zero attached hydrogens (tertiary/aromatic N) is 2. The molecule has 1 aliphatic heterocycles. The van der Waals surface area contributed by atoms with Crippen molar-refractivity contribution in [3.05, 3.63) is 42.1 Å². The van der Waals surface area contributed by atoms with E-state index in [1.807, 2.05) is 0 Å². The molecule has 0 amide bonds. The Morgan fingerprint density at radius 2 is 2.16 bits per heavy atom. The van der Waals surface area contributed by atoms with Crippen LogP contribution in [-0.4, -0.2) is 35.6 Å². The first-order valence-electron chi connectivity index (χ1n) is 7.16. The molecule has 1 fully saturated rings. The molecule has 1 atom stereocenters. The maximum absolute atomic E-state index is 4.78. The Labute approximate surface area is 114 Å². The van der Waals surface area contributed by atoms with Gasteiger partial charge < -0.3 is 5.32 Å². The molecule has 0 saturated carbocycles. The predicted molar refractivity (Wildman–Crippen MR) is 79.1 cm³/mol. The summed E-state index contributed by atoms with van der Waals surface area (Å²) < 4.78 is 0. The second-order valence-corrected chi connectivity index (χ2v) is 5.23. The molecule has 0 radical (unpaired) electrons. The molecule has 3 heteroatoms. The molecule has 1 aliphatic rings. The molecule has 2 heterocycles. The van der Waals surface area contributed by atoms with Crippen LogP contribution in [0.2, 0.25) is 0 Å². The van der Waals surface area contributed by atoms with E-state index in [-0.39, 0.29) is 0 Å². The zero-order valence-electron chi connectivity index (χ0n) is 11.5. The SMILES string of the molecule is CCC1CNCCN1Cc1ccc2ccccc2n1. The minimum atomic E-state index is 0.641. The van der Waals surface area contributed by atoms with Gasteiger partial charge in [0.05, 0.1) is 11.2 Å². The summed E-state index contributed by atoms with van der Waals surface area (Å²) in [6.07, 6.45) is 1.20. The van der Waals surface area contributed by atoms with Gasteiger partial charge in [-0.2, -0.15) is 0 Å². The van der Waals surface area contributed by atoms with Crippen molar-refractivity contribution < 1.29 is 0 Å². The second-order valence-electron chi connectivity index (χ2n) is 5.23. The van der Waals surface area contributed by atoms with Crippen molar-refractivity contribution in [3.63, 3.8) is 0 Å². The molecule has 0 aliphatic carbocycles. The minimum absolute atomic E-state index is 0.641. The van der Waals surface area contributed by atoms with Gasteiger partial charge in [0.2, 0.25) is 0 Å². The lowest BCUT2D eigenvalue weighted by Gasteiger charge is -2.35. The maximum Gasteiger partial charge on any atom is 0.0705 e. The van der Waals surface area contributed by atoms with Crippen LogP contribution >= 0.6 is 0 Å². The van der Waals surface area contributed by atoms with Crippen molar-refractivity contribution in [2.45, 2.75) is 25.9 Å². The molecule has 3 nitrogen and oxygen atoms in total. The van der Waals surface area contributed by atoms with Gasteiger partial charge in [0.25, 0.3) is 0 Å². The lowest BCUT2D eigenvalue weighted by molar-refractivity contribution is 0.147. The molecular formula is C16H21N3. The van der Waals surface area contributed by atoms with Crippen LogP contribution in [0, 0.1) is 0 Å². The third-order valence-corrected chi connectivity index (χ3v) is 3.96. The monoisotopic (exact) mass is 255 g/mol. The standard InChI is InChI=1S/C16H21N3/c1-2-15-11-17-9-10-19(15)12-14-8-7-13-5-3-4-6-16(13)18-14/h3-8,15,17H,2,9-12H2,1H3. The van der Waals surface area contributed by atoms with Gasteiger partial charge in [-0.25, -0.2) is 0 Å². The Bertz CT molecular complexity index is 552. The Balaban J connectivity index is 1.80. The summed E-state index contributed by atoms with van der Waals surface area (Å²) >= 11 is 0. The molecule has 100 valence electrons. The van der Waals surface area contributed by atoms with Crippen LogP contribution in [0.4, 0.5) is 0 Å². The highest BCUT2D eigenvalue weighted by molar-refractivity contribution is 5.78. The van der Waals surface area contributed by atoms with Gasteiger partial charge in [-0.15, -0.1) is 0 Å². The highest BCUT2D eigenvalue weighted by Crippen LogP contribution is 2.15. The van der Waals surface area contributed by atoms with E-state index < -0.39 is 0 Å². The Kier molecular flexibility index (Phi) is 3.76. The van der Waals surface area contributed by atoms with Crippen molar-refractivity contribution in [3.8, 4) is 0 Å². The minimum Gasteiger partial charge on any atom is -0.314 e. The van der Waals surface area contributed by atoms with E-state index in [1.165, 1.54) is 17.5 Å². The van der Waals surface area contributed by atoms with Crippen LogP contribution in [0.3, 0.4) is 0 Å². The van der Waals surface area contributed by atoms with E-state index in [2.05, 4.69) is 53.5 Å². The van der Waals surface area contributed by atoms with Gasteiger partial charge in [-0.05, 0) is 18.6 Å². The van der Waals surface area contributed by atoms with E-state index >= 15 is 0 Å². The average Bonchev–Trinajstić information content (AvgIpc) is 2.48. The fourth-order valence-corrected chi connectivity index (χ4v) is 2.82. The van der Waals surface area contributed by atoms with Gasteiger partial charge in [-0.3, -0.25) is 9.88 Å². The zero-order chi connectivity index (χ0) is 13.1. The van der Waals surface area contributed by atoms with Crippen LogP contribution in [0.15, 0.2) is 36.4 Å². The van der Waals surface area contributed by atoms with Gasteiger partial charge in [-0.1, -0.05) is 31.2 Å². The Morgan fingerprint density at radius 1 is 1.26 bits per heavy atom. The van der Waals surface area contributed by atoms with Crippen LogP contribution in [0.25, 0.3) is 10.9 Å². The van der Waals surface area contributed by atoms with Crippen LogP contribution in [0.1, 0.15) is 19.0 Å². The summed E-state index contributed by atoms with van der Waals surface area (Å²) in [5.41, 5.74) is 2.28. The molecule has 1 aromatic heterocycles. The number of pyridine rings is 1. The van der Waals surface area contributed by atoms with E-state index in [4.69, 9.17) is 4.98 Å². The topological polar surface area (TPSA) is 28.2 Å². The molecule has 19 heavy (non-hydrogen) atoms. The lowest BCUT2D eigenvalue weighted by Crippen LogP contribution is -2.50. The fourth-order valence-electron chi connectivity index (χ4n) is 2.82. The average molecular weight is 255 g/mol. The second kappa shape index (κ2) is 5.68. The van der Waals surface area contributed by atoms with Crippen LogP contribution in [-0.2, 0) is 6.54 Å². The first-order chi connectivity index (χ1) is 9.36. The van der Waals surface area contributed by atoms with Crippen molar-refractivity contribution in [1.29, 1.82) is 0 Å². The number of hydrogen-bond acceptors (Lipinski definition) is 3. The summed E-state index contributed by atoms with van der Waals surface area (Å²) in [5.74, 6) is 0. The number of rotatable bonds is 3. The summed E-state index contributed by atoms with van der Waals surface area (Å²) in [6, 6.07) is 13.3. The fraction of sp³-hybridized carbons (Fsp3) is 0.438. The van der Waals surface area contributed by atoms with E-state index in [9.17, 15) is 0 Å². The first kappa shape index (κ1) is 12.6. The third kappa shape index (κ3) is 2.77. The van der Waals surface area contributed by atoms with Gasteiger partial charge in [0, 0.05) is 37.6 Å². The van der Waals surface area contributed by atoms with Gasteiger partial charge in [0.15, 0.2) is 0 Å². The maximum atomic E-state index is 4.78. The summed E-state index contributed by atoms with van der Waals surface area (Å²) in [6.45, 7) is 6.53. The normalized spacial score (nSPS) is 20.8. The molecule has 2 aromatic rings. The largest absolute Gasteiger partial charge is 0.314 e. The number of hydrogen-bond donors (Lipinski definition) is 1. The van der Waals surface area contributed by atoms with E-state index in [0.717, 1.165) is 31.7 Å². The smallest absolute Gasteiger partial charge is 0.0705 e. The summed E-state index contributed by atoms with van der Waals surface area (Å²) in [7, 11) is 0. The van der Waals surface area contributed by atoms with Crippen LogP contribution < -0.4 is 5.32 Å². The number of fused-ring (bicyclic) bond motifs is 1. The Morgan fingerprint density at radius 3 is 3.05 bits per heavy atom. The molecule has 1 saturated heterocycles. The molecule has 0 bridgehead atoms. The number of benzene rings is 1. The third-order valence-electron chi connectivity index (χ3n) is 3.96. The molecule has 1 aromatic carbocycles. The predicted octanol–water partition coefficient (Wildman–Crippen LogP) is 2.42. The number of piperazine rings is 1. The van der Waals surface area contributed by atoms with Crippen molar-refractivity contribution >= 4 is 10.9 Å². The van der Waals surface area contributed by atoms with E-state index in [1.54, 1.807) is 0 Å². The molecule has 0 spiro atoms. The van der Waals surface area contributed by atoms with Gasteiger partial charge in [0.1, 0.15) is 0 Å². The van der Waals surface area contributed by atoms with E-state index in [0.29, 0.717) is 6.04 Å². The van der Waals surface area contributed by atoms with Gasteiger partial charge >= 0.3 is 0 Å². The number of aromatic nitrogens is 1. The molecule has 1 unspecified atom stereocenters.